The van der Waals surface area contributed by atoms with Crippen molar-refractivity contribution in [2.45, 2.75) is 101 Å². The average Bonchev–Trinajstić information content (AvgIpc) is 2.96. The molecule has 0 aromatic carbocycles. The predicted octanol–water partition coefficient (Wildman–Crippen LogP) is 3.43. The van der Waals surface area contributed by atoms with Crippen LogP contribution in [0.25, 0.3) is 0 Å². The molecule has 28 heavy (non-hydrogen) atoms. The summed E-state index contributed by atoms with van der Waals surface area (Å²) in [7, 11) is 0. The highest BCUT2D eigenvalue weighted by atomic mass is 16.6. The van der Waals surface area contributed by atoms with Crippen LogP contribution >= 0.6 is 0 Å². The lowest BCUT2D eigenvalue weighted by atomic mass is 9.57. The lowest BCUT2D eigenvalue weighted by Gasteiger charge is -2.60. The summed E-state index contributed by atoms with van der Waals surface area (Å²) in [5.74, 6) is -0.668. The van der Waals surface area contributed by atoms with Gasteiger partial charge < -0.3 is 19.7 Å². The highest BCUT2D eigenvalue weighted by Crippen LogP contribution is 2.61. The molecule has 3 aliphatic heterocycles. The monoisotopic (exact) mass is 390 g/mol. The third kappa shape index (κ3) is 3.06. The minimum Gasteiger partial charge on any atom is -0.456 e. The maximum Gasteiger partial charge on any atom is 0.342 e. The summed E-state index contributed by atoms with van der Waals surface area (Å²) in [6.07, 6.45) is 13.2. The average molecular weight is 391 g/mol. The number of fused-ring (bicyclic) bond motifs is 2. The van der Waals surface area contributed by atoms with Gasteiger partial charge in [-0.05, 0) is 31.8 Å². The van der Waals surface area contributed by atoms with E-state index in [2.05, 4.69) is 19.1 Å². The molecule has 2 N–H and O–H groups in total. The Hall–Kier alpha value is -1.17. The van der Waals surface area contributed by atoms with Gasteiger partial charge in [0, 0.05) is 24.7 Å². The number of ether oxygens (including phenoxy) is 2. The number of rotatable bonds is 7. The fraction of sp³-hybridized carbons (Fsp3) is 0.783. The molecule has 5 rings (SSSR count). The maximum atomic E-state index is 13.0. The summed E-state index contributed by atoms with van der Waals surface area (Å²) in [5.41, 5.74) is -0.989. The second-order valence-electron chi connectivity index (χ2n) is 9.27. The number of allylic oxidation sites excluding steroid dienone is 1. The summed E-state index contributed by atoms with van der Waals surface area (Å²) < 4.78 is 12.2. The molecular formula is C23H34O5. The van der Waals surface area contributed by atoms with Gasteiger partial charge in [-0.1, -0.05) is 50.8 Å². The maximum absolute atomic E-state index is 13.0. The van der Waals surface area contributed by atoms with E-state index in [1.807, 2.05) is 13.0 Å². The van der Waals surface area contributed by atoms with Crippen molar-refractivity contribution in [3.63, 3.8) is 0 Å². The minimum absolute atomic E-state index is 0.0158. The molecule has 156 valence electrons. The van der Waals surface area contributed by atoms with E-state index in [0.717, 1.165) is 18.4 Å². The van der Waals surface area contributed by atoms with E-state index in [4.69, 9.17) is 9.47 Å². The van der Waals surface area contributed by atoms with Gasteiger partial charge in [-0.2, -0.15) is 0 Å². The van der Waals surface area contributed by atoms with Gasteiger partial charge in [0.25, 0.3) is 0 Å². The Bertz CT molecular complexity index is 670. The number of esters is 1. The first-order valence-corrected chi connectivity index (χ1v) is 11.1. The Balaban J connectivity index is 1.51. The normalized spacial score (nSPS) is 44.4. The van der Waals surface area contributed by atoms with Crippen molar-refractivity contribution in [1.29, 1.82) is 0 Å². The number of aliphatic hydroxyl groups is 2. The highest BCUT2D eigenvalue weighted by molar-refractivity contribution is 5.85. The smallest absolute Gasteiger partial charge is 0.342 e. The lowest BCUT2D eigenvalue weighted by molar-refractivity contribution is -0.290. The van der Waals surface area contributed by atoms with Crippen LogP contribution in [0.15, 0.2) is 23.8 Å². The predicted molar refractivity (Wildman–Crippen MR) is 106 cm³/mol. The molecule has 0 amide bonds. The largest absolute Gasteiger partial charge is 0.456 e. The molecule has 7 atom stereocenters. The Morgan fingerprint density at radius 2 is 2.00 bits per heavy atom. The molecule has 2 bridgehead atoms. The third-order valence-electron chi connectivity index (χ3n) is 7.36. The Labute approximate surface area is 167 Å². The van der Waals surface area contributed by atoms with E-state index in [0.29, 0.717) is 19.3 Å². The molecule has 4 fully saturated rings. The van der Waals surface area contributed by atoms with Crippen LogP contribution in [0.1, 0.15) is 71.6 Å². The van der Waals surface area contributed by atoms with Gasteiger partial charge in [0.05, 0.1) is 18.3 Å². The van der Waals surface area contributed by atoms with Gasteiger partial charge >= 0.3 is 5.97 Å². The van der Waals surface area contributed by atoms with Gasteiger partial charge in [-0.3, -0.25) is 0 Å². The zero-order chi connectivity index (χ0) is 19.9. The summed E-state index contributed by atoms with van der Waals surface area (Å²) in [6, 6.07) is 0. The van der Waals surface area contributed by atoms with Crippen molar-refractivity contribution in [1.82, 2.24) is 0 Å². The second kappa shape index (κ2) is 7.58. The van der Waals surface area contributed by atoms with Gasteiger partial charge in [-0.25, -0.2) is 4.79 Å². The molecular weight excluding hydrogens is 356 g/mol. The van der Waals surface area contributed by atoms with Crippen molar-refractivity contribution in [3.05, 3.63) is 23.8 Å². The molecule has 5 heteroatoms. The van der Waals surface area contributed by atoms with Gasteiger partial charge in [0.1, 0.15) is 5.60 Å². The van der Waals surface area contributed by atoms with Crippen LogP contribution in [-0.4, -0.2) is 45.7 Å². The molecule has 3 unspecified atom stereocenters. The van der Waals surface area contributed by atoms with Crippen molar-refractivity contribution in [3.8, 4) is 0 Å². The number of hydrogen-bond donors (Lipinski definition) is 2. The Morgan fingerprint density at radius 3 is 2.75 bits per heavy atom. The topological polar surface area (TPSA) is 76.0 Å². The molecule has 3 heterocycles. The van der Waals surface area contributed by atoms with Gasteiger partial charge in [-0.15, -0.1) is 0 Å². The van der Waals surface area contributed by atoms with Crippen LogP contribution in [0, 0.1) is 11.8 Å². The fourth-order valence-corrected chi connectivity index (χ4v) is 5.95. The van der Waals surface area contributed by atoms with Crippen LogP contribution in [-0.2, 0) is 14.3 Å². The number of unbranched alkanes of at least 4 members (excludes halogenated alkanes) is 5. The number of carbonyl (C=O) groups is 1. The molecule has 2 saturated heterocycles. The number of aliphatic hydroxyl groups excluding tert-OH is 2. The first-order valence-electron chi connectivity index (χ1n) is 11.1. The molecule has 0 radical (unpaired) electrons. The van der Waals surface area contributed by atoms with Crippen molar-refractivity contribution < 1.29 is 24.5 Å². The van der Waals surface area contributed by atoms with E-state index in [1.165, 1.54) is 25.7 Å². The van der Waals surface area contributed by atoms with Crippen LogP contribution in [0.3, 0.4) is 0 Å². The fourth-order valence-electron chi connectivity index (χ4n) is 5.95. The SMILES string of the molecule is CCCCCCC/C=C/[C@H]1OC23C(=O)OC4(CC2O)C[C@H](O)C[C@@H]4[C@H]3C=C1C. The molecule has 0 aromatic heterocycles. The second-order valence-corrected chi connectivity index (χ2v) is 9.27. The minimum atomic E-state index is -1.33. The zero-order valence-corrected chi connectivity index (χ0v) is 17.1. The lowest BCUT2D eigenvalue weighted by Crippen LogP contribution is -2.75. The summed E-state index contributed by atoms with van der Waals surface area (Å²) in [5, 5.41) is 21.1. The molecule has 5 nitrogen and oxygen atoms in total. The molecule has 5 aliphatic rings. The Kier molecular flexibility index (Phi) is 5.45. The van der Waals surface area contributed by atoms with Crippen LogP contribution in [0.2, 0.25) is 0 Å². The van der Waals surface area contributed by atoms with E-state index < -0.39 is 29.4 Å². The van der Waals surface area contributed by atoms with Crippen molar-refractivity contribution in [2.75, 3.05) is 0 Å². The van der Waals surface area contributed by atoms with E-state index in [1.54, 1.807) is 0 Å². The van der Waals surface area contributed by atoms with Crippen LogP contribution in [0.4, 0.5) is 0 Å². The molecule has 0 aromatic rings. The van der Waals surface area contributed by atoms with Gasteiger partial charge in [0.15, 0.2) is 5.60 Å². The third-order valence-corrected chi connectivity index (χ3v) is 7.36. The van der Waals surface area contributed by atoms with Crippen LogP contribution in [0.5, 0.6) is 0 Å². The first kappa shape index (κ1) is 20.1. The quantitative estimate of drug-likeness (QED) is 0.396. The van der Waals surface area contributed by atoms with Crippen molar-refractivity contribution in [2.24, 2.45) is 11.8 Å². The zero-order valence-electron chi connectivity index (χ0n) is 17.1. The number of hydrogen-bond acceptors (Lipinski definition) is 5. The van der Waals surface area contributed by atoms with E-state index in [-0.39, 0.29) is 17.9 Å². The van der Waals surface area contributed by atoms with E-state index in [9.17, 15) is 15.0 Å². The standard InChI is InChI=1S/C23H34O5/c1-3-4-5-6-7-8-9-10-19-15(2)11-18-17-12-16(24)13-22(17)14-20(25)23(18,27-19)21(26)28-22/h9-11,16-20,24-25H,3-8,12-14H2,1-2H3/b10-9+/t16-,17-,18-,19-,20?,22?,23?/m1/s1. The summed E-state index contributed by atoms with van der Waals surface area (Å²) >= 11 is 0. The Morgan fingerprint density at radius 1 is 1.21 bits per heavy atom. The summed E-state index contributed by atoms with van der Waals surface area (Å²) in [6.45, 7) is 4.25. The van der Waals surface area contributed by atoms with Gasteiger partial charge in [0.2, 0.25) is 0 Å². The molecule has 2 aliphatic carbocycles. The number of carbonyl (C=O) groups excluding carboxylic acids is 1. The van der Waals surface area contributed by atoms with E-state index >= 15 is 0 Å². The first-order chi connectivity index (χ1) is 13.4. The van der Waals surface area contributed by atoms with Crippen LogP contribution < -0.4 is 0 Å². The summed E-state index contributed by atoms with van der Waals surface area (Å²) in [4.78, 5) is 13.0. The van der Waals surface area contributed by atoms with Crippen molar-refractivity contribution >= 4 is 5.97 Å². The molecule has 2 saturated carbocycles. The highest BCUT2D eigenvalue weighted by Gasteiger charge is 2.74. The molecule has 2 spiro atoms.